The van der Waals surface area contributed by atoms with E-state index in [1.807, 2.05) is 0 Å². The Kier molecular flexibility index (Phi) is 6.21. The summed E-state index contributed by atoms with van der Waals surface area (Å²) in [7, 11) is -0.785. The van der Waals surface area contributed by atoms with E-state index in [4.69, 9.17) is 0 Å². The molecule has 3 heteroatoms. The van der Waals surface area contributed by atoms with Gasteiger partial charge in [-0.2, -0.15) is 0 Å². The fourth-order valence-corrected chi connectivity index (χ4v) is 2.82. The maximum absolute atomic E-state index is 11.5. The van der Waals surface area contributed by atoms with Crippen LogP contribution < -0.4 is 5.32 Å². The summed E-state index contributed by atoms with van der Waals surface area (Å²) in [5, 5.41) is 3.48. The van der Waals surface area contributed by atoms with E-state index in [-0.39, 0.29) is 11.5 Å². The number of hydrogen-bond acceptors (Lipinski definition) is 2. The van der Waals surface area contributed by atoms with E-state index in [9.17, 15) is 4.21 Å². The fourth-order valence-electron chi connectivity index (χ4n) is 2.04. The molecule has 0 radical (unpaired) electrons. The van der Waals surface area contributed by atoms with Crippen LogP contribution in [0, 0.1) is 0 Å². The van der Waals surface area contributed by atoms with Crippen LogP contribution in [0.4, 0.5) is 0 Å². The molecule has 1 N–H and O–H groups in total. The maximum atomic E-state index is 11.5. The fraction of sp³-hybridized carbons (Fsp3) is 0.625. The third kappa shape index (κ3) is 5.45. The molecule has 0 aliphatic carbocycles. The molecule has 19 heavy (non-hydrogen) atoms. The van der Waals surface area contributed by atoms with Gasteiger partial charge in [-0.15, -0.1) is 0 Å². The smallest absolute Gasteiger partial charge is 0.0436 e. The van der Waals surface area contributed by atoms with Crippen LogP contribution in [0.5, 0.6) is 0 Å². The van der Waals surface area contributed by atoms with Gasteiger partial charge in [-0.05, 0) is 29.5 Å². The second-order valence-corrected chi connectivity index (χ2v) is 7.60. The highest BCUT2D eigenvalue weighted by molar-refractivity contribution is 7.84. The van der Waals surface area contributed by atoms with Crippen molar-refractivity contribution >= 4 is 10.8 Å². The average molecular weight is 281 g/mol. The monoisotopic (exact) mass is 281 g/mol. The van der Waals surface area contributed by atoms with Gasteiger partial charge >= 0.3 is 0 Å². The second kappa shape index (κ2) is 7.20. The normalized spacial score (nSPS) is 15.2. The van der Waals surface area contributed by atoms with Crippen molar-refractivity contribution in [1.29, 1.82) is 0 Å². The maximum Gasteiger partial charge on any atom is 0.0436 e. The van der Waals surface area contributed by atoms with Gasteiger partial charge in [-0.25, -0.2) is 0 Å². The first-order valence-electron chi connectivity index (χ1n) is 6.98. The molecule has 0 amide bonds. The van der Waals surface area contributed by atoms with Crippen molar-refractivity contribution in [2.75, 3.05) is 18.6 Å². The predicted octanol–water partition coefficient (Wildman–Crippen LogP) is 3.40. The highest BCUT2D eigenvalue weighted by Crippen LogP contribution is 2.24. The Morgan fingerprint density at radius 1 is 1.21 bits per heavy atom. The zero-order chi connectivity index (χ0) is 14.5. The highest BCUT2D eigenvalue weighted by Gasteiger charge is 2.16. The summed E-state index contributed by atoms with van der Waals surface area (Å²) in [5.41, 5.74) is 2.75. The van der Waals surface area contributed by atoms with Crippen molar-refractivity contribution < 1.29 is 4.21 Å². The molecule has 108 valence electrons. The van der Waals surface area contributed by atoms with Gasteiger partial charge < -0.3 is 5.32 Å². The van der Waals surface area contributed by atoms with Gasteiger partial charge in [-0.1, -0.05) is 52.0 Å². The summed E-state index contributed by atoms with van der Waals surface area (Å²) in [6.45, 7) is 9.76. The zero-order valence-corrected chi connectivity index (χ0v) is 13.6. The summed E-state index contributed by atoms with van der Waals surface area (Å²) in [4.78, 5) is 0. The van der Waals surface area contributed by atoms with Crippen LogP contribution in [0.1, 0.15) is 51.3 Å². The largest absolute Gasteiger partial charge is 0.309 e. The Labute approximate surface area is 120 Å². The van der Waals surface area contributed by atoms with Crippen molar-refractivity contribution in [2.24, 2.45) is 0 Å². The zero-order valence-electron chi connectivity index (χ0n) is 12.8. The topological polar surface area (TPSA) is 29.1 Å². The van der Waals surface area contributed by atoms with Gasteiger partial charge in [0.1, 0.15) is 0 Å². The summed E-state index contributed by atoms with van der Waals surface area (Å²) >= 11 is 0. The van der Waals surface area contributed by atoms with Crippen molar-refractivity contribution in [3.63, 3.8) is 0 Å². The highest BCUT2D eigenvalue weighted by atomic mass is 32.2. The lowest BCUT2D eigenvalue weighted by molar-refractivity contribution is 0.566. The third-order valence-corrected chi connectivity index (χ3v) is 4.02. The van der Waals surface area contributed by atoms with E-state index in [0.29, 0.717) is 5.75 Å². The van der Waals surface area contributed by atoms with Crippen molar-refractivity contribution in [2.45, 2.75) is 45.6 Å². The first-order valence-corrected chi connectivity index (χ1v) is 8.71. The quantitative estimate of drug-likeness (QED) is 0.866. The minimum absolute atomic E-state index is 0.179. The summed E-state index contributed by atoms with van der Waals surface area (Å²) < 4.78 is 11.5. The number of rotatable bonds is 6. The lowest BCUT2D eigenvalue weighted by Gasteiger charge is -2.22. The van der Waals surface area contributed by atoms with E-state index in [1.54, 1.807) is 6.26 Å². The van der Waals surface area contributed by atoms with Gasteiger partial charge in [-0.3, -0.25) is 4.21 Å². The minimum Gasteiger partial charge on any atom is -0.309 e. The number of benzene rings is 1. The van der Waals surface area contributed by atoms with Gasteiger partial charge in [0, 0.05) is 28.9 Å². The Bertz CT molecular complexity index is 406. The molecule has 0 saturated heterocycles. The molecule has 2 atom stereocenters. The first-order chi connectivity index (χ1) is 8.84. The minimum atomic E-state index is -0.785. The van der Waals surface area contributed by atoms with Crippen LogP contribution in [-0.2, 0) is 16.2 Å². The lowest BCUT2D eigenvalue weighted by atomic mass is 9.86. The molecule has 1 aromatic rings. The van der Waals surface area contributed by atoms with Crippen molar-refractivity contribution in [1.82, 2.24) is 5.32 Å². The van der Waals surface area contributed by atoms with Crippen molar-refractivity contribution in [3.8, 4) is 0 Å². The van der Waals surface area contributed by atoms with E-state index in [2.05, 4.69) is 57.3 Å². The van der Waals surface area contributed by atoms with E-state index >= 15 is 0 Å². The van der Waals surface area contributed by atoms with Crippen molar-refractivity contribution in [3.05, 3.63) is 35.4 Å². The molecule has 0 aromatic heterocycles. The van der Waals surface area contributed by atoms with E-state index < -0.39 is 10.8 Å². The van der Waals surface area contributed by atoms with Crippen LogP contribution in [-0.4, -0.2) is 22.8 Å². The molecule has 1 aromatic carbocycles. The summed E-state index contributed by atoms with van der Waals surface area (Å²) in [5.74, 6) is 0.675. The molecule has 0 aliphatic heterocycles. The molecule has 0 saturated carbocycles. The lowest BCUT2D eigenvalue weighted by Crippen LogP contribution is -2.26. The Morgan fingerprint density at radius 3 is 2.21 bits per heavy atom. The Hall–Kier alpha value is -0.670. The number of nitrogens with one attached hydrogen (secondary N) is 1. The molecule has 0 bridgehead atoms. The van der Waals surface area contributed by atoms with Gasteiger partial charge in [0.2, 0.25) is 0 Å². The molecule has 0 fully saturated rings. The van der Waals surface area contributed by atoms with Crippen LogP contribution in [0.3, 0.4) is 0 Å². The first kappa shape index (κ1) is 16.4. The third-order valence-electron chi connectivity index (χ3n) is 3.22. The average Bonchev–Trinajstić information content (AvgIpc) is 2.33. The number of hydrogen-bond donors (Lipinski definition) is 1. The molecule has 2 unspecified atom stereocenters. The van der Waals surface area contributed by atoms with Gasteiger partial charge in [0.15, 0.2) is 0 Å². The molecular formula is C16H27NOS. The standard InChI is InChI=1S/C16H27NOS/c1-6-11-17-15(12-19(5)18)13-7-9-14(10-8-13)16(2,3)4/h7-10,15,17H,6,11-12H2,1-5H3. The molecule has 0 aliphatic rings. The van der Waals surface area contributed by atoms with Gasteiger partial charge in [0.05, 0.1) is 0 Å². The van der Waals surface area contributed by atoms with Crippen LogP contribution >= 0.6 is 0 Å². The Balaban J connectivity index is 2.87. The molecule has 2 nitrogen and oxygen atoms in total. The summed E-state index contributed by atoms with van der Waals surface area (Å²) in [6, 6.07) is 8.91. The summed E-state index contributed by atoms with van der Waals surface area (Å²) in [6.07, 6.45) is 2.86. The van der Waals surface area contributed by atoms with Crippen LogP contribution in [0.2, 0.25) is 0 Å². The predicted molar refractivity (Wildman–Crippen MR) is 85.1 cm³/mol. The second-order valence-electron chi connectivity index (χ2n) is 6.12. The van der Waals surface area contributed by atoms with Crippen LogP contribution in [0.25, 0.3) is 0 Å². The van der Waals surface area contributed by atoms with E-state index in [1.165, 1.54) is 11.1 Å². The van der Waals surface area contributed by atoms with Gasteiger partial charge in [0.25, 0.3) is 0 Å². The molecule has 0 heterocycles. The molecular weight excluding hydrogens is 254 g/mol. The van der Waals surface area contributed by atoms with Crippen LogP contribution in [0.15, 0.2) is 24.3 Å². The Morgan fingerprint density at radius 2 is 1.79 bits per heavy atom. The molecule has 1 rings (SSSR count). The SMILES string of the molecule is CCCNC(CS(C)=O)c1ccc(C(C)(C)C)cc1. The molecule has 0 spiro atoms. The van der Waals surface area contributed by atoms with E-state index in [0.717, 1.165) is 13.0 Å².